The van der Waals surface area contributed by atoms with Crippen LogP contribution in [0.15, 0.2) is 47.2 Å². The highest BCUT2D eigenvalue weighted by Gasteiger charge is 2.25. The number of hydrogen-bond acceptors (Lipinski definition) is 9. The van der Waals surface area contributed by atoms with Crippen molar-refractivity contribution < 1.29 is 14.7 Å². The van der Waals surface area contributed by atoms with Gasteiger partial charge >= 0.3 is 5.69 Å². The fraction of sp³-hybridized carbons (Fsp3) is 0.118. The average molecular weight is 366 g/mol. The van der Waals surface area contributed by atoms with Crippen LogP contribution in [0.3, 0.4) is 0 Å². The molecule has 0 saturated carbocycles. The predicted octanol–water partition coefficient (Wildman–Crippen LogP) is 2.83. The monoisotopic (exact) mass is 366 g/mol. The lowest BCUT2D eigenvalue weighted by atomic mass is 10.1. The number of nitrogens with one attached hydrogen (secondary N) is 2. The minimum Gasteiger partial charge on any atom is -0.395 e. The molecule has 0 spiro atoms. The second-order valence-corrected chi connectivity index (χ2v) is 5.73. The molecule has 2 aromatic carbocycles. The zero-order valence-corrected chi connectivity index (χ0v) is 13.9. The van der Waals surface area contributed by atoms with E-state index in [4.69, 9.17) is 9.74 Å². The van der Waals surface area contributed by atoms with Crippen molar-refractivity contribution in [3.8, 4) is 0 Å². The van der Waals surface area contributed by atoms with E-state index >= 15 is 0 Å². The Labute approximate surface area is 151 Å². The van der Waals surface area contributed by atoms with E-state index in [1.165, 1.54) is 0 Å². The fourth-order valence-corrected chi connectivity index (χ4v) is 2.84. The molecule has 0 radical (unpaired) electrons. The SMILES string of the molecule is O=[N+]([O-])c1c(NCCO)cc(Nc2ccc3ncccc3c2)c2nonc12. The highest BCUT2D eigenvalue weighted by Crippen LogP contribution is 2.38. The summed E-state index contributed by atoms with van der Waals surface area (Å²) in [5.41, 5.74) is 2.30. The molecular formula is C17H14N6O4. The van der Waals surface area contributed by atoms with Crippen molar-refractivity contribution in [3.63, 3.8) is 0 Å². The highest BCUT2D eigenvalue weighted by atomic mass is 16.6. The zero-order valence-electron chi connectivity index (χ0n) is 13.9. The van der Waals surface area contributed by atoms with E-state index in [9.17, 15) is 10.1 Å². The van der Waals surface area contributed by atoms with Gasteiger partial charge in [0.15, 0.2) is 5.52 Å². The molecule has 0 saturated heterocycles. The first-order chi connectivity index (χ1) is 13.2. The Hall–Kier alpha value is -3.79. The maximum atomic E-state index is 11.5. The molecule has 10 nitrogen and oxygen atoms in total. The lowest BCUT2D eigenvalue weighted by molar-refractivity contribution is -0.382. The number of nitro groups is 1. The first kappa shape index (κ1) is 16.7. The normalized spacial score (nSPS) is 11.0. The van der Waals surface area contributed by atoms with Crippen LogP contribution in [0.5, 0.6) is 0 Å². The third-order valence-electron chi connectivity index (χ3n) is 4.00. The number of nitro benzene ring substituents is 1. The van der Waals surface area contributed by atoms with Gasteiger partial charge in [0.2, 0.25) is 5.52 Å². The number of aliphatic hydroxyl groups is 1. The molecule has 0 bridgehead atoms. The molecule has 2 aromatic heterocycles. The third-order valence-corrected chi connectivity index (χ3v) is 4.00. The Balaban J connectivity index is 1.81. The predicted molar refractivity (Wildman–Crippen MR) is 99.1 cm³/mol. The van der Waals surface area contributed by atoms with Gasteiger partial charge in [0.25, 0.3) is 0 Å². The van der Waals surface area contributed by atoms with Crippen LogP contribution in [0.1, 0.15) is 0 Å². The summed E-state index contributed by atoms with van der Waals surface area (Å²) in [4.78, 5) is 15.2. The molecule has 0 aliphatic heterocycles. The van der Waals surface area contributed by atoms with E-state index in [0.29, 0.717) is 5.69 Å². The molecule has 27 heavy (non-hydrogen) atoms. The Morgan fingerprint density at radius 3 is 2.81 bits per heavy atom. The molecule has 3 N–H and O–H groups in total. The van der Waals surface area contributed by atoms with E-state index in [0.717, 1.165) is 16.6 Å². The molecule has 0 fully saturated rings. The maximum absolute atomic E-state index is 11.5. The average Bonchev–Trinajstić information content (AvgIpc) is 3.15. The third kappa shape index (κ3) is 3.09. The first-order valence-corrected chi connectivity index (χ1v) is 8.07. The number of aliphatic hydroxyl groups excluding tert-OH is 1. The summed E-state index contributed by atoms with van der Waals surface area (Å²) in [6.07, 6.45) is 1.72. The Bertz CT molecular complexity index is 1140. The minimum atomic E-state index is -0.558. The van der Waals surface area contributed by atoms with Gasteiger partial charge in [-0.2, -0.15) is 0 Å². The number of pyridine rings is 1. The fourth-order valence-electron chi connectivity index (χ4n) is 2.84. The first-order valence-electron chi connectivity index (χ1n) is 8.07. The van der Waals surface area contributed by atoms with Crippen LogP contribution in [0.4, 0.5) is 22.7 Å². The van der Waals surface area contributed by atoms with Crippen LogP contribution < -0.4 is 10.6 Å². The molecule has 10 heteroatoms. The van der Waals surface area contributed by atoms with Gasteiger partial charge in [-0.1, -0.05) is 6.07 Å². The quantitative estimate of drug-likeness (QED) is 0.347. The summed E-state index contributed by atoms with van der Waals surface area (Å²) >= 11 is 0. The number of nitrogens with zero attached hydrogens (tertiary/aromatic N) is 4. The molecule has 0 aliphatic rings. The lowest BCUT2D eigenvalue weighted by Gasteiger charge is -2.11. The Morgan fingerprint density at radius 1 is 1.15 bits per heavy atom. The van der Waals surface area contributed by atoms with Crippen molar-refractivity contribution >= 4 is 44.7 Å². The van der Waals surface area contributed by atoms with Gasteiger partial charge in [0.05, 0.1) is 22.7 Å². The molecule has 4 rings (SSSR count). The minimum absolute atomic E-state index is 0.0212. The smallest absolute Gasteiger partial charge is 0.323 e. The molecule has 0 unspecified atom stereocenters. The highest BCUT2D eigenvalue weighted by molar-refractivity contribution is 6.00. The number of aromatic nitrogens is 3. The van der Waals surface area contributed by atoms with Crippen molar-refractivity contribution in [1.29, 1.82) is 0 Å². The van der Waals surface area contributed by atoms with E-state index in [1.807, 2.05) is 30.3 Å². The van der Waals surface area contributed by atoms with Gasteiger partial charge in [0, 0.05) is 23.8 Å². The van der Waals surface area contributed by atoms with Crippen LogP contribution in [0, 0.1) is 10.1 Å². The molecule has 136 valence electrons. The summed E-state index contributed by atoms with van der Waals surface area (Å²) in [6.45, 7) is -0.0224. The van der Waals surface area contributed by atoms with Crippen LogP contribution in [0.25, 0.3) is 21.9 Å². The second kappa shape index (κ2) is 6.84. The Morgan fingerprint density at radius 2 is 2.00 bits per heavy atom. The molecule has 4 aromatic rings. The molecule has 0 atom stereocenters. The van der Waals surface area contributed by atoms with E-state index in [-0.39, 0.29) is 35.6 Å². The zero-order chi connectivity index (χ0) is 18.8. The van der Waals surface area contributed by atoms with E-state index < -0.39 is 4.92 Å². The van der Waals surface area contributed by atoms with Gasteiger partial charge in [-0.3, -0.25) is 15.1 Å². The van der Waals surface area contributed by atoms with Gasteiger partial charge in [-0.25, -0.2) is 4.63 Å². The van der Waals surface area contributed by atoms with Crippen LogP contribution in [-0.2, 0) is 0 Å². The van der Waals surface area contributed by atoms with Gasteiger partial charge in [0.1, 0.15) is 5.69 Å². The second-order valence-electron chi connectivity index (χ2n) is 5.73. The number of hydrogen-bond donors (Lipinski definition) is 3. The standard InChI is InChI=1S/C17H14N6O4/c24-7-6-19-14-9-13(15-16(22-27-21-15)17(14)23(25)26)20-11-3-4-12-10(8-11)2-1-5-18-12/h1-5,8-9,19-20,24H,6-7H2. The maximum Gasteiger partial charge on any atom is 0.323 e. The van der Waals surface area contributed by atoms with Gasteiger partial charge in [-0.15, -0.1) is 0 Å². The van der Waals surface area contributed by atoms with Crippen LogP contribution >= 0.6 is 0 Å². The number of anilines is 3. The molecule has 0 aliphatic carbocycles. The van der Waals surface area contributed by atoms with E-state index in [2.05, 4.69) is 25.9 Å². The van der Waals surface area contributed by atoms with Crippen molar-refractivity contribution in [3.05, 3.63) is 52.7 Å². The van der Waals surface area contributed by atoms with Crippen molar-refractivity contribution in [2.75, 3.05) is 23.8 Å². The summed E-state index contributed by atoms with van der Waals surface area (Å²) in [7, 11) is 0. The lowest BCUT2D eigenvalue weighted by Crippen LogP contribution is -2.08. The van der Waals surface area contributed by atoms with Crippen LogP contribution in [0.2, 0.25) is 0 Å². The van der Waals surface area contributed by atoms with Gasteiger partial charge < -0.3 is 15.7 Å². The number of rotatable bonds is 6. The summed E-state index contributed by atoms with van der Waals surface area (Å²) in [5.74, 6) is 0. The number of benzene rings is 2. The molecule has 0 amide bonds. The van der Waals surface area contributed by atoms with Crippen molar-refractivity contribution in [2.24, 2.45) is 0 Å². The van der Waals surface area contributed by atoms with E-state index in [1.54, 1.807) is 12.3 Å². The van der Waals surface area contributed by atoms with Crippen LogP contribution in [-0.4, -0.2) is 38.5 Å². The summed E-state index contributed by atoms with van der Waals surface area (Å²) < 4.78 is 4.73. The topological polar surface area (TPSA) is 139 Å². The number of fused-ring (bicyclic) bond motifs is 2. The molecule has 2 heterocycles. The van der Waals surface area contributed by atoms with Crippen molar-refractivity contribution in [2.45, 2.75) is 0 Å². The summed E-state index contributed by atoms with van der Waals surface area (Å²) in [5, 5.41) is 35.0. The largest absolute Gasteiger partial charge is 0.395 e. The van der Waals surface area contributed by atoms with Crippen molar-refractivity contribution in [1.82, 2.24) is 15.3 Å². The molecular weight excluding hydrogens is 352 g/mol. The Kier molecular flexibility index (Phi) is 4.22. The summed E-state index contributed by atoms with van der Waals surface area (Å²) in [6, 6.07) is 10.9. The van der Waals surface area contributed by atoms with Gasteiger partial charge in [-0.05, 0) is 40.6 Å².